The third-order valence-corrected chi connectivity index (χ3v) is 2.43. The molecule has 3 rings (SSSR count). The highest BCUT2D eigenvalue weighted by molar-refractivity contribution is 5.83. The summed E-state index contributed by atoms with van der Waals surface area (Å²) >= 11 is 0. The minimum atomic E-state index is -0.343. The highest BCUT2D eigenvalue weighted by atomic mass is 16.4. The van der Waals surface area contributed by atoms with Gasteiger partial charge in [0.25, 0.3) is 0 Å². The van der Waals surface area contributed by atoms with Crippen LogP contribution in [0.1, 0.15) is 0 Å². The van der Waals surface area contributed by atoms with Gasteiger partial charge in [-0.05, 0) is 29.7 Å². The number of hydrogen-bond acceptors (Lipinski definition) is 3. The second kappa shape index (κ2) is 3.38. The molecule has 0 unspecified atom stereocenters. The Morgan fingerprint density at radius 1 is 0.938 bits per heavy atom. The molecule has 0 amide bonds. The summed E-state index contributed by atoms with van der Waals surface area (Å²) in [5.41, 5.74) is -0.343. The summed E-state index contributed by atoms with van der Waals surface area (Å²) in [6.45, 7) is 0. The van der Waals surface area contributed by atoms with E-state index in [1.165, 1.54) is 0 Å². The van der Waals surface area contributed by atoms with E-state index in [1.54, 1.807) is 30.5 Å². The lowest BCUT2D eigenvalue weighted by Crippen LogP contribution is -1.99. The van der Waals surface area contributed by atoms with Crippen LogP contribution in [0.3, 0.4) is 0 Å². The van der Waals surface area contributed by atoms with E-state index in [-0.39, 0.29) is 5.63 Å². The van der Waals surface area contributed by atoms with E-state index in [2.05, 4.69) is 0 Å². The minimum Gasteiger partial charge on any atom is -0.461 e. The van der Waals surface area contributed by atoms with Gasteiger partial charge < -0.3 is 8.83 Å². The summed E-state index contributed by atoms with van der Waals surface area (Å²) in [5, 5.41) is 1.43. The number of hydrogen-bond donors (Lipinski definition) is 0. The first kappa shape index (κ1) is 8.97. The van der Waals surface area contributed by atoms with Gasteiger partial charge in [-0.3, -0.25) is 0 Å². The first-order valence-electron chi connectivity index (χ1n) is 4.91. The highest BCUT2D eigenvalue weighted by Crippen LogP contribution is 2.21. The molecule has 3 aromatic rings. The molecule has 0 aliphatic carbocycles. The van der Waals surface area contributed by atoms with Crippen molar-refractivity contribution in [3.63, 3.8) is 0 Å². The Kier molecular flexibility index (Phi) is 1.90. The van der Waals surface area contributed by atoms with Gasteiger partial charge in [-0.25, -0.2) is 4.79 Å². The first-order chi connectivity index (χ1) is 7.84. The maximum absolute atomic E-state index is 11.7. The lowest BCUT2D eigenvalue weighted by atomic mass is 10.1. The Balaban J connectivity index is 2.34. The van der Waals surface area contributed by atoms with Crippen molar-refractivity contribution in [1.29, 1.82) is 0 Å². The molecule has 2 aromatic heterocycles. The molecule has 3 nitrogen and oxygen atoms in total. The van der Waals surface area contributed by atoms with Crippen LogP contribution >= 0.6 is 0 Å². The third-order valence-electron chi connectivity index (χ3n) is 2.43. The van der Waals surface area contributed by atoms with E-state index >= 15 is 0 Å². The maximum Gasteiger partial charge on any atom is 0.344 e. The zero-order chi connectivity index (χ0) is 11.0. The maximum atomic E-state index is 11.7. The smallest absolute Gasteiger partial charge is 0.344 e. The van der Waals surface area contributed by atoms with Crippen LogP contribution in [0.15, 0.2) is 62.4 Å². The lowest BCUT2D eigenvalue weighted by Gasteiger charge is -1.98. The first-order valence-corrected chi connectivity index (χ1v) is 4.91. The SMILES string of the molecule is O=c1oc(-c2ccco2)cc2ccccc12. The fourth-order valence-electron chi connectivity index (χ4n) is 1.67. The van der Waals surface area contributed by atoms with Crippen molar-refractivity contribution in [2.45, 2.75) is 0 Å². The van der Waals surface area contributed by atoms with Crippen LogP contribution in [0.4, 0.5) is 0 Å². The summed E-state index contributed by atoms with van der Waals surface area (Å²) in [4.78, 5) is 11.7. The third kappa shape index (κ3) is 1.34. The zero-order valence-corrected chi connectivity index (χ0v) is 8.34. The Morgan fingerprint density at radius 3 is 2.62 bits per heavy atom. The molecule has 0 aliphatic heterocycles. The van der Waals surface area contributed by atoms with Gasteiger partial charge in [0.05, 0.1) is 11.6 Å². The number of fused-ring (bicyclic) bond motifs is 1. The molecule has 1 aromatic carbocycles. The van der Waals surface area contributed by atoms with Crippen LogP contribution in [0.5, 0.6) is 0 Å². The van der Waals surface area contributed by atoms with Crippen molar-refractivity contribution in [3.05, 3.63) is 59.1 Å². The normalized spacial score (nSPS) is 10.8. The van der Waals surface area contributed by atoms with Crippen molar-refractivity contribution in [1.82, 2.24) is 0 Å². The van der Waals surface area contributed by atoms with Crippen molar-refractivity contribution in [2.75, 3.05) is 0 Å². The molecule has 0 saturated carbocycles. The molecule has 2 heterocycles. The largest absolute Gasteiger partial charge is 0.461 e. The van der Waals surface area contributed by atoms with Gasteiger partial charge >= 0.3 is 5.63 Å². The molecular weight excluding hydrogens is 204 g/mol. The van der Waals surface area contributed by atoms with Crippen LogP contribution in [-0.2, 0) is 0 Å². The van der Waals surface area contributed by atoms with Crippen molar-refractivity contribution in [3.8, 4) is 11.5 Å². The number of benzene rings is 1. The molecule has 0 atom stereocenters. The number of furan rings is 1. The molecule has 0 bridgehead atoms. The second-order valence-corrected chi connectivity index (χ2v) is 3.46. The molecular formula is C13H8O3. The average Bonchev–Trinajstić information content (AvgIpc) is 2.82. The molecule has 3 heteroatoms. The summed E-state index contributed by atoms with van der Waals surface area (Å²) in [6, 6.07) is 12.6. The van der Waals surface area contributed by atoms with Crippen molar-refractivity contribution in [2.24, 2.45) is 0 Å². The van der Waals surface area contributed by atoms with Gasteiger partial charge in [0.15, 0.2) is 11.5 Å². The van der Waals surface area contributed by atoms with Gasteiger partial charge in [0.2, 0.25) is 0 Å². The van der Waals surface area contributed by atoms with Crippen LogP contribution in [0.25, 0.3) is 22.3 Å². The fraction of sp³-hybridized carbons (Fsp3) is 0. The molecule has 0 spiro atoms. The molecule has 0 radical (unpaired) electrons. The van der Waals surface area contributed by atoms with Gasteiger partial charge in [-0.2, -0.15) is 0 Å². The molecule has 16 heavy (non-hydrogen) atoms. The van der Waals surface area contributed by atoms with Crippen LogP contribution in [0, 0.1) is 0 Å². The minimum absolute atomic E-state index is 0.343. The fourth-order valence-corrected chi connectivity index (χ4v) is 1.67. The Hall–Kier alpha value is -2.29. The van der Waals surface area contributed by atoms with Crippen LogP contribution in [-0.4, -0.2) is 0 Å². The van der Waals surface area contributed by atoms with Gasteiger partial charge in [-0.15, -0.1) is 0 Å². The van der Waals surface area contributed by atoms with E-state index in [0.717, 1.165) is 5.39 Å². The quantitative estimate of drug-likeness (QED) is 0.622. The summed E-state index contributed by atoms with van der Waals surface area (Å²) < 4.78 is 10.4. The van der Waals surface area contributed by atoms with E-state index in [1.807, 2.05) is 18.2 Å². The summed E-state index contributed by atoms with van der Waals surface area (Å²) in [7, 11) is 0. The van der Waals surface area contributed by atoms with Crippen molar-refractivity contribution >= 4 is 10.8 Å². The number of rotatable bonds is 1. The lowest BCUT2D eigenvalue weighted by molar-refractivity contribution is 0.496. The topological polar surface area (TPSA) is 43.4 Å². The highest BCUT2D eigenvalue weighted by Gasteiger charge is 2.07. The van der Waals surface area contributed by atoms with Crippen LogP contribution < -0.4 is 5.63 Å². The Labute approximate surface area is 90.9 Å². The molecule has 0 aliphatic rings. The molecule has 78 valence electrons. The molecule has 0 saturated heterocycles. The predicted molar refractivity (Wildman–Crippen MR) is 60.2 cm³/mol. The second-order valence-electron chi connectivity index (χ2n) is 3.46. The zero-order valence-electron chi connectivity index (χ0n) is 8.34. The Bertz CT molecular complexity index is 678. The van der Waals surface area contributed by atoms with Crippen LogP contribution in [0.2, 0.25) is 0 Å². The van der Waals surface area contributed by atoms with E-state index in [0.29, 0.717) is 16.9 Å². The molecule has 0 N–H and O–H groups in total. The standard InChI is InChI=1S/C13H8O3/c14-13-10-5-2-1-4-9(10)8-12(16-13)11-6-3-7-15-11/h1-8H. The summed E-state index contributed by atoms with van der Waals surface area (Å²) in [5.74, 6) is 1.01. The van der Waals surface area contributed by atoms with Gasteiger partial charge in [-0.1, -0.05) is 18.2 Å². The van der Waals surface area contributed by atoms with Gasteiger partial charge in [0.1, 0.15) is 0 Å². The van der Waals surface area contributed by atoms with E-state index in [9.17, 15) is 4.79 Å². The monoisotopic (exact) mass is 212 g/mol. The average molecular weight is 212 g/mol. The van der Waals surface area contributed by atoms with E-state index in [4.69, 9.17) is 8.83 Å². The molecule has 0 fully saturated rings. The summed E-state index contributed by atoms with van der Waals surface area (Å²) in [6.07, 6.45) is 1.55. The Morgan fingerprint density at radius 2 is 1.81 bits per heavy atom. The predicted octanol–water partition coefficient (Wildman–Crippen LogP) is 3.05. The van der Waals surface area contributed by atoms with Gasteiger partial charge in [0, 0.05) is 0 Å². The van der Waals surface area contributed by atoms with E-state index < -0.39 is 0 Å². The van der Waals surface area contributed by atoms with Crippen molar-refractivity contribution < 1.29 is 8.83 Å².